The minimum Gasteiger partial charge on any atom is -0.486 e. The fraction of sp³-hybridized carbons (Fsp3) is 0.200. The lowest BCUT2D eigenvalue weighted by Gasteiger charge is -2.20. The molecule has 0 bridgehead atoms. The number of hydrogen-bond acceptors (Lipinski definition) is 2. The highest BCUT2D eigenvalue weighted by molar-refractivity contribution is 9.09. The van der Waals surface area contributed by atoms with E-state index in [0.29, 0.717) is 13.2 Å². The molecule has 0 radical (unpaired) electrons. The van der Waals surface area contributed by atoms with Crippen LogP contribution in [0.5, 0.6) is 11.5 Å². The molecule has 1 atom stereocenters. The van der Waals surface area contributed by atoms with Gasteiger partial charge in [-0.25, -0.2) is 4.39 Å². The summed E-state index contributed by atoms with van der Waals surface area (Å²) in [5, 5.41) is 0. The maximum atomic E-state index is 12.9. The Bertz CT molecular complexity index is 583. The third kappa shape index (κ3) is 2.59. The molecule has 0 saturated carbocycles. The lowest BCUT2D eigenvalue weighted by molar-refractivity contribution is 0.171. The summed E-state index contributed by atoms with van der Waals surface area (Å²) < 4.78 is 24.0. The number of halogens is 2. The highest BCUT2D eigenvalue weighted by Crippen LogP contribution is 2.37. The Hall–Kier alpha value is -1.55. The molecule has 3 rings (SSSR count). The average Bonchev–Trinajstić information content (AvgIpc) is 2.47. The van der Waals surface area contributed by atoms with Crippen LogP contribution in [0.15, 0.2) is 42.5 Å². The second-order valence-corrected chi connectivity index (χ2v) is 5.23. The second-order valence-electron chi connectivity index (χ2n) is 4.32. The number of benzene rings is 2. The molecule has 1 aliphatic heterocycles. The molecular weight excluding hydrogens is 311 g/mol. The van der Waals surface area contributed by atoms with Crippen molar-refractivity contribution in [3.63, 3.8) is 0 Å². The van der Waals surface area contributed by atoms with Crippen molar-refractivity contribution in [3.05, 3.63) is 59.4 Å². The number of fused-ring (bicyclic) bond motifs is 1. The summed E-state index contributed by atoms with van der Waals surface area (Å²) >= 11 is 3.63. The van der Waals surface area contributed by atoms with E-state index in [0.717, 1.165) is 22.6 Å². The van der Waals surface area contributed by atoms with Crippen LogP contribution in [0.2, 0.25) is 0 Å². The molecule has 0 amide bonds. The van der Waals surface area contributed by atoms with Gasteiger partial charge >= 0.3 is 0 Å². The topological polar surface area (TPSA) is 18.5 Å². The van der Waals surface area contributed by atoms with E-state index >= 15 is 0 Å². The summed E-state index contributed by atoms with van der Waals surface area (Å²) in [5.74, 6) is 1.30. The largest absolute Gasteiger partial charge is 0.486 e. The van der Waals surface area contributed by atoms with E-state index in [1.807, 2.05) is 18.2 Å². The van der Waals surface area contributed by atoms with Gasteiger partial charge in [-0.05, 0) is 35.4 Å². The van der Waals surface area contributed by atoms with E-state index in [4.69, 9.17) is 9.47 Å². The summed E-state index contributed by atoms with van der Waals surface area (Å²) in [6.45, 7) is 1.15. The monoisotopic (exact) mass is 322 g/mol. The first-order chi connectivity index (χ1) is 9.24. The van der Waals surface area contributed by atoms with Gasteiger partial charge in [0.2, 0.25) is 0 Å². The maximum Gasteiger partial charge on any atom is 0.161 e. The number of rotatable bonds is 2. The van der Waals surface area contributed by atoms with Crippen molar-refractivity contribution < 1.29 is 13.9 Å². The Labute approximate surface area is 119 Å². The SMILES string of the molecule is Fc1ccc(C(Br)c2ccc3c(c2)OCCO3)cc1. The Balaban J connectivity index is 1.91. The van der Waals surface area contributed by atoms with E-state index in [9.17, 15) is 4.39 Å². The molecule has 2 nitrogen and oxygen atoms in total. The first-order valence-corrected chi connectivity index (χ1v) is 6.95. The molecule has 0 aliphatic carbocycles. The minimum absolute atomic E-state index is 0.00364. The van der Waals surface area contributed by atoms with Crippen molar-refractivity contribution >= 4 is 15.9 Å². The van der Waals surface area contributed by atoms with E-state index in [1.54, 1.807) is 12.1 Å². The zero-order valence-corrected chi connectivity index (χ0v) is 11.7. The van der Waals surface area contributed by atoms with Crippen molar-refractivity contribution in [2.45, 2.75) is 4.83 Å². The average molecular weight is 323 g/mol. The zero-order valence-electron chi connectivity index (χ0n) is 10.1. The van der Waals surface area contributed by atoms with Crippen LogP contribution < -0.4 is 9.47 Å². The summed E-state index contributed by atoms with van der Waals surface area (Å²) in [6.07, 6.45) is 0. The Morgan fingerprint density at radius 1 is 0.895 bits per heavy atom. The Morgan fingerprint density at radius 3 is 2.26 bits per heavy atom. The molecule has 0 N–H and O–H groups in total. The van der Waals surface area contributed by atoms with Crippen LogP contribution >= 0.6 is 15.9 Å². The Morgan fingerprint density at radius 2 is 1.53 bits per heavy atom. The molecule has 2 aromatic carbocycles. The predicted molar refractivity (Wildman–Crippen MR) is 74.6 cm³/mol. The molecule has 0 fully saturated rings. The molecule has 1 heterocycles. The summed E-state index contributed by atoms with van der Waals surface area (Å²) in [4.78, 5) is 0.00364. The van der Waals surface area contributed by atoms with Crippen LogP contribution in [-0.2, 0) is 0 Å². The number of alkyl halides is 1. The fourth-order valence-corrected chi connectivity index (χ4v) is 2.63. The summed E-state index contributed by atoms with van der Waals surface area (Å²) in [7, 11) is 0. The third-order valence-electron chi connectivity index (χ3n) is 3.02. The van der Waals surface area contributed by atoms with E-state index in [-0.39, 0.29) is 10.6 Å². The van der Waals surface area contributed by atoms with Crippen molar-refractivity contribution in [1.82, 2.24) is 0 Å². The number of ether oxygens (including phenoxy) is 2. The number of hydrogen-bond donors (Lipinski definition) is 0. The van der Waals surface area contributed by atoms with Gasteiger partial charge in [0.05, 0.1) is 4.83 Å². The van der Waals surface area contributed by atoms with Crippen LogP contribution in [0.1, 0.15) is 16.0 Å². The Kier molecular flexibility index (Phi) is 3.42. The quantitative estimate of drug-likeness (QED) is 0.775. The zero-order chi connectivity index (χ0) is 13.2. The van der Waals surface area contributed by atoms with Gasteiger partial charge in [0, 0.05) is 0 Å². The van der Waals surface area contributed by atoms with Crippen LogP contribution in [-0.4, -0.2) is 13.2 Å². The molecule has 0 spiro atoms. The van der Waals surface area contributed by atoms with Crippen molar-refractivity contribution in [1.29, 1.82) is 0 Å². The second kappa shape index (κ2) is 5.21. The van der Waals surface area contributed by atoms with E-state index in [1.165, 1.54) is 12.1 Å². The van der Waals surface area contributed by atoms with Gasteiger partial charge < -0.3 is 9.47 Å². The van der Waals surface area contributed by atoms with Crippen molar-refractivity contribution in [2.75, 3.05) is 13.2 Å². The molecule has 4 heteroatoms. The van der Waals surface area contributed by atoms with Crippen LogP contribution in [0.3, 0.4) is 0 Å². The highest BCUT2D eigenvalue weighted by Gasteiger charge is 2.16. The molecule has 1 unspecified atom stereocenters. The van der Waals surface area contributed by atoms with E-state index in [2.05, 4.69) is 15.9 Å². The minimum atomic E-state index is -0.231. The third-order valence-corrected chi connectivity index (χ3v) is 4.08. The molecule has 98 valence electrons. The van der Waals surface area contributed by atoms with Gasteiger partial charge in [0.15, 0.2) is 11.5 Å². The van der Waals surface area contributed by atoms with Gasteiger partial charge in [0.1, 0.15) is 19.0 Å². The lowest BCUT2D eigenvalue weighted by atomic mass is 10.0. The lowest BCUT2D eigenvalue weighted by Crippen LogP contribution is -2.15. The van der Waals surface area contributed by atoms with Crippen LogP contribution in [0.4, 0.5) is 4.39 Å². The first-order valence-electron chi connectivity index (χ1n) is 6.03. The molecule has 0 saturated heterocycles. The summed E-state index contributed by atoms with van der Waals surface area (Å²) in [6, 6.07) is 12.3. The van der Waals surface area contributed by atoms with Crippen molar-refractivity contribution in [2.24, 2.45) is 0 Å². The smallest absolute Gasteiger partial charge is 0.161 e. The van der Waals surface area contributed by atoms with Gasteiger partial charge in [-0.2, -0.15) is 0 Å². The standard InChI is InChI=1S/C15H12BrFO2/c16-15(10-1-4-12(17)5-2-10)11-3-6-13-14(9-11)19-8-7-18-13/h1-6,9,15H,7-8H2. The highest BCUT2D eigenvalue weighted by atomic mass is 79.9. The van der Waals surface area contributed by atoms with Gasteiger partial charge in [-0.1, -0.05) is 34.1 Å². The molecule has 0 aromatic heterocycles. The van der Waals surface area contributed by atoms with Crippen molar-refractivity contribution in [3.8, 4) is 11.5 Å². The maximum absolute atomic E-state index is 12.9. The van der Waals surface area contributed by atoms with Crippen LogP contribution in [0, 0.1) is 5.82 Å². The normalized spacial score (nSPS) is 15.1. The fourth-order valence-electron chi connectivity index (χ4n) is 2.04. The van der Waals surface area contributed by atoms with E-state index < -0.39 is 0 Å². The van der Waals surface area contributed by atoms with Crippen LogP contribution in [0.25, 0.3) is 0 Å². The molecule has 2 aromatic rings. The predicted octanol–water partition coefficient (Wildman–Crippen LogP) is 4.08. The molecule has 1 aliphatic rings. The first kappa shape index (κ1) is 12.5. The molecule has 19 heavy (non-hydrogen) atoms. The van der Waals surface area contributed by atoms with Gasteiger partial charge in [-0.15, -0.1) is 0 Å². The van der Waals surface area contributed by atoms with Gasteiger partial charge in [0.25, 0.3) is 0 Å². The summed E-state index contributed by atoms with van der Waals surface area (Å²) in [5.41, 5.74) is 2.05. The van der Waals surface area contributed by atoms with Gasteiger partial charge in [-0.3, -0.25) is 0 Å². The molecular formula is C15H12BrFO2.